The van der Waals surface area contributed by atoms with E-state index in [1.54, 1.807) is 0 Å². The van der Waals surface area contributed by atoms with E-state index in [2.05, 4.69) is 20.0 Å². The van der Waals surface area contributed by atoms with Crippen molar-refractivity contribution in [1.29, 1.82) is 5.26 Å². The van der Waals surface area contributed by atoms with E-state index < -0.39 is 26.7 Å². The first-order valence-electron chi connectivity index (χ1n) is 7.98. The molecule has 1 saturated carbocycles. The fourth-order valence-corrected chi connectivity index (χ4v) is 5.31. The van der Waals surface area contributed by atoms with Crippen LogP contribution in [0.5, 0.6) is 0 Å². The van der Waals surface area contributed by atoms with Gasteiger partial charge in [0.05, 0.1) is 21.5 Å². The molecule has 152 valence electrons. The molecular weight excluding hydrogens is 453 g/mol. The summed E-state index contributed by atoms with van der Waals surface area (Å²) >= 11 is 6.53. The van der Waals surface area contributed by atoms with Gasteiger partial charge in [-0.25, -0.2) is 8.42 Å². The number of sulfonamides is 1. The summed E-state index contributed by atoms with van der Waals surface area (Å²) in [4.78, 5) is -0.230. The fourth-order valence-electron chi connectivity index (χ4n) is 2.76. The minimum atomic E-state index is -4.66. The molecule has 0 aliphatic heterocycles. The van der Waals surface area contributed by atoms with Crippen LogP contribution in [-0.4, -0.2) is 33.9 Å². The maximum atomic E-state index is 12.9. The first-order chi connectivity index (χ1) is 13.5. The summed E-state index contributed by atoms with van der Waals surface area (Å²) in [5.41, 5.74) is -0.791. The standard InChI is InChI=1S/C15H10ClF3N6O2S2/c1-25-11-8(10(23-25)12-21-22-13(28-12)15(17,18)19)4-7(5-9(11)16)29(26,27)24-14(6-20)2-3-14/h4-5,24H,2-3H2,1H3. The highest BCUT2D eigenvalue weighted by atomic mass is 35.5. The second-order valence-corrected chi connectivity index (χ2v) is 9.55. The fraction of sp³-hybridized carbons (Fsp3) is 0.333. The van der Waals surface area contributed by atoms with Crippen LogP contribution >= 0.6 is 22.9 Å². The van der Waals surface area contributed by atoms with E-state index in [0.29, 0.717) is 18.4 Å². The molecule has 1 fully saturated rings. The van der Waals surface area contributed by atoms with Gasteiger partial charge in [-0.2, -0.15) is 28.3 Å². The summed E-state index contributed by atoms with van der Waals surface area (Å²) in [7, 11) is -2.58. The summed E-state index contributed by atoms with van der Waals surface area (Å²) in [6.07, 6.45) is -3.88. The molecule has 0 unspecified atom stereocenters. The van der Waals surface area contributed by atoms with Gasteiger partial charge >= 0.3 is 6.18 Å². The third-order valence-corrected chi connectivity index (χ3v) is 7.12. The highest BCUT2D eigenvalue weighted by Gasteiger charge is 2.47. The van der Waals surface area contributed by atoms with E-state index in [-0.39, 0.29) is 37.3 Å². The van der Waals surface area contributed by atoms with Gasteiger partial charge in [0.2, 0.25) is 15.0 Å². The van der Waals surface area contributed by atoms with E-state index >= 15 is 0 Å². The number of nitriles is 1. The summed E-state index contributed by atoms with van der Waals surface area (Å²) in [5.74, 6) is 0. The van der Waals surface area contributed by atoms with Crippen LogP contribution in [0, 0.1) is 11.3 Å². The number of benzene rings is 1. The Labute approximate surface area is 171 Å². The van der Waals surface area contributed by atoms with E-state index in [4.69, 9.17) is 16.9 Å². The Morgan fingerprint density at radius 2 is 2.03 bits per heavy atom. The van der Waals surface area contributed by atoms with Crippen LogP contribution in [-0.2, 0) is 23.2 Å². The van der Waals surface area contributed by atoms with Crippen molar-refractivity contribution in [2.45, 2.75) is 29.5 Å². The second-order valence-electron chi connectivity index (χ2n) is 6.48. The SMILES string of the molecule is Cn1nc(-c2nnc(C(F)(F)F)s2)c2cc(S(=O)(=O)NC3(C#N)CC3)cc(Cl)c21. The highest BCUT2D eigenvalue weighted by molar-refractivity contribution is 7.89. The minimum Gasteiger partial charge on any atom is -0.266 e. The van der Waals surface area contributed by atoms with Gasteiger partial charge < -0.3 is 0 Å². The first-order valence-corrected chi connectivity index (χ1v) is 10.7. The Bertz CT molecular complexity index is 1290. The number of halogens is 4. The largest absolute Gasteiger partial charge is 0.445 e. The summed E-state index contributed by atoms with van der Waals surface area (Å²) in [6, 6.07) is 4.37. The molecule has 8 nitrogen and oxygen atoms in total. The smallest absolute Gasteiger partial charge is 0.266 e. The van der Waals surface area contributed by atoms with Gasteiger partial charge in [0.25, 0.3) is 0 Å². The van der Waals surface area contributed by atoms with Gasteiger partial charge in [-0.1, -0.05) is 22.9 Å². The minimum absolute atomic E-state index is 0.0240. The van der Waals surface area contributed by atoms with Crippen molar-refractivity contribution in [3.05, 3.63) is 22.2 Å². The zero-order valence-corrected chi connectivity index (χ0v) is 16.8. The first kappa shape index (κ1) is 20.0. The van der Waals surface area contributed by atoms with Gasteiger partial charge in [0, 0.05) is 12.4 Å². The third-order valence-electron chi connectivity index (χ3n) is 4.34. The monoisotopic (exact) mass is 462 g/mol. The van der Waals surface area contributed by atoms with E-state index in [0.717, 1.165) is 0 Å². The summed E-state index contributed by atoms with van der Waals surface area (Å²) < 4.78 is 67.7. The number of hydrogen-bond acceptors (Lipinski definition) is 7. The van der Waals surface area contributed by atoms with Gasteiger partial charge in [-0.3, -0.25) is 4.68 Å². The average Bonchev–Trinajstić information content (AvgIpc) is 3.05. The van der Waals surface area contributed by atoms with E-state index in [9.17, 15) is 21.6 Å². The lowest BCUT2D eigenvalue weighted by Crippen LogP contribution is -2.35. The maximum Gasteiger partial charge on any atom is 0.445 e. The summed E-state index contributed by atoms with van der Waals surface area (Å²) in [6.45, 7) is 0. The predicted octanol–water partition coefficient (Wildman–Crippen LogP) is 3.10. The number of aromatic nitrogens is 4. The number of rotatable bonds is 4. The van der Waals surface area contributed by atoms with E-state index in [1.807, 2.05) is 6.07 Å². The lowest BCUT2D eigenvalue weighted by atomic mass is 10.2. The Morgan fingerprint density at radius 1 is 1.34 bits per heavy atom. The zero-order valence-electron chi connectivity index (χ0n) is 14.4. The Kier molecular flexibility index (Phi) is 4.39. The molecule has 0 saturated heterocycles. The summed E-state index contributed by atoms with van der Waals surface area (Å²) in [5, 5.41) is 18.9. The van der Waals surface area contributed by atoms with Crippen LogP contribution in [0.15, 0.2) is 17.0 Å². The molecule has 0 spiro atoms. The molecule has 4 rings (SSSR count). The van der Waals surface area contributed by atoms with Crippen molar-refractivity contribution >= 4 is 43.9 Å². The molecule has 0 bridgehead atoms. The lowest BCUT2D eigenvalue weighted by Gasteiger charge is -2.11. The molecule has 1 N–H and O–H groups in total. The number of aryl methyl sites for hydroxylation is 1. The van der Waals surface area contributed by atoms with Crippen LogP contribution in [0.3, 0.4) is 0 Å². The van der Waals surface area contributed by atoms with Gasteiger partial charge in [-0.15, -0.1) is 10.2 Å². The number of alkyl halides is 3. The van der Waals surface area contributed by atoms with Crippen LogP contribution in [0.2, 0.25) is 5.02 Å². The quantitative estimate of drug-likeness (QED) is 0.637. The molecule has 0 amide bonds. The Morgan fingerprint density at radius 3 is 2.59 bits per heavy atom. The second kappa shape index (κ2) is 6.36. The van der Waals surface area contributed by atoms with Crippen molar-refractivity contribution in [3.63, 3.8) is 0 Å². The number of fused-ring (bicyclic) bond motifs is 1. The number of nitrogens with zero attached hydrogens (tertiary/aromatic N) is 5. The number of nitrogens with one attached hydrogen (secondary N) is 1. The highest BCUT2D eigenvalue weighted by Crippen LogP contribution is 2.40. The molecule has 0 atom stereocenters. The van der Waals surface area contributed by atoms with Crippen LogP contribution < -0.4 is 4.72 Å². The van der Waals surface area contributed by atoms with Crippen LogP contribution in [0.1, 0.15) is 17.8 Å². The van der Waals surface area contributed by atoms with Gasteiger partial charge in [-0.05, 0) is 25.0 Å². The average molecular weight is 463 g/mol. The maximum absolute atomic E-state index is 12.9. The molecule has 29 heavy (non-hydrogen) atoms. The van der Waals surface area contributed by atoms with E-state index in [1.165, 1.54) is 23.9 Å². The molecule has 1 aromatic carbocycles. The molecule has 2 heterocycles. The van der Waals surface area contributed by atoms with Crippen molar-refractivity contribution in [1.82, 2.24) is 24.7 Å². The molecule has 1 aliphatic rings. The number of hydrogen-bond donors (Lipinski definition) is 1. The zero-order chi connectivity index (χ0) is 21.2. The molecule has 2 aromatic heterocycles. The van der Waals surface area contributed by atoms with Crippen LogP contribution in [0.4, 0.5) is 13.2 Å². The normalized spacial score (nSPS) is 16.1. The van der Waals surface area contributed by atoms with Gasteiger partial charge in [0.15, 0.2) is 5.01 Å². The van der Waals surface area contributed by atoms with Crippen molar-refractivity contribution in [2.24, 2.45) is 7.05 Å². The molecule has 14 heteroatoms. The molecule has 1 aliphatic carbocycles. The molecule has 3 aromatic rings. The molecular formula is C15H10ClF3N6O2S2. The Balaban J connectivity index is 1.86. The van der Waals surface area contributed by atoms with Crippen LogP contribution in [0.25, 0.3) is 21.6 Å². The van der Waals surface area contributed by atoms with Crippen molar-refractivity contribution in [3.8, 4) is 16.8 Å². The van der Waals surface area contributed by atoms with Crippen molar-refractivity contribution in [2.75, 3.05) is 0 Å². The van der Waals surface area contributed by atoms with Gasteiger partial charge in [0.1, 0.15) is 11.2 Å². The lowest BCUT2D eigenvalue weighted by molar-refractivity contribution is -0.138. The van der Waals surface area contributed by atoms with Crippen molar-refractivity contribution < 1.29 is 21.6 Å². The predicted molar refractivity (Wildman–Crippen MR) is 97.5 cm³/mol. The third kappa shape index (κ3) is 3.46. The topological polar surface area (TPSA) is 114 Å². The molecule has 0 radical (unpaired) electrons. The Hall–Kier alpha value is -2.27.